The molecule has 200 valence electrons. The number of phenolic OH excluding ortho intramolecular Hbond substituents is 1. The number of ether oxygens (including phenoxy) is 3. The number of carbonyl (C=O) groups is 2. The van der Waals surface area contributed by atoms with Gasteiger partial charge in [0.15, 0.2) is 34.4 Å². The highest BCUT2D eigenvalue weighted by Crippen LogP contribution is 2.42. The lowest BCUT2D eigenvalue weighted by Crippen LogP contribution is -2.39. The number of carbonyl (C=O) groups excluding carboxylic acids is 2. The van der Waals surface area contributed by atoms with E-state index < -0.39 is 23.5 Å². The first-order valence-electron chi connectivity index (χ1n) is 12.4. The fourth-order valence-corrected chi connectivity index (χ4v) is 5.06. The number of amides is 1. The molecule has 0 bridgehead atoms. The minimum Gasteiger partial charge on any atom is -0.504 e. The highest BCUT2D eigenvalue weighted by Gasteiger charge is 2.44. The number of nitrogens with zero attached hydrogens (tertiary/aromatic N) is 2. The molecule has 2 aromatic carbocycles. The number of aliphatic hydroxyl groups excluding tert-OH is 1. The maximum Gasteiger partial charge on any atom is 0.290 e. The van der Waals surface area contributed by atoms with Crippen molar-refractivity contribution in [3.63, 3.8) is 0 Å². The lowest BCUT2D eigenvalue weighted by atomic mass is 9.94. The van der Waals surface area contributed by atoms with E-state index in [0.29, 0.717) is 48.5 Å². The second-order valence-corrected chi connectivity index (χ2v) is 9.22. The lowest BCUT2D eigenvalue weighted by molar-refractivity contribution is -0.129. The summed E-state index contributed by atoms with van der Waals surface area (Å²) >= 11 is 0. The predicted molar refractivity (Wildman–Crippen MR) is 138 cm³/mol. The van der Waals surface area contributed by atoms with Gasteiger partial charge in [0.05, 0.1) is 39.0 Å². The molecule has 1 amide bonds. The standard InChI is InChI=1S/C28H30N2O8/c1-35-20-6-3-5-18-16-22(38-27(18)20)25(32)23-24(17-7-8-19(31)21(15-17)36-2)30(28(34)26(23)33)10-4-9-29-11-13-37-14-12-29/h3,5-8,15-16,24,31,33H,4,9-14H2,1-2H3. The number of rotatable bonds is 9. The van der Waals surface area contributed by atoms with E-state index in [9.17, 15) is 19.8 Å². The molecular weight excluding hydrogens is 492 g/mol. The van der Waals surface area contributed by atoms with E-state index in [0.717, 1.165) is 19.6 Å². The van der Waals surface area contributed by atoms with Crippen LogP contribution in [-0.4, -0.2) is 85.3 Å². The summed E-state index contributed by atoms with van der Waals surface area (Å²) in [6, 6.07) is 10.6. The van der Waals surface area contributed by atoms with Gasteiger partial charge in [-0.25, -0.2) is 0 Å². The summed E-state index contributed by atoms with van der Waals surface area (Å²) in [6.45, 7) is 4.01. The van der Waals surface area contributed by atoms with E-state index in [1.165, 1.54) is 25.2 Å². The van der Waals surface area contributed by atoms with E-state index >= 15 is 0 Å². The minimum atomic E-state index is -0.899. The zero-order valence-corrected chi connectivity index (χ0v) is 21.3. The molecule has 3 aromatic rings. The van der Waals surface area contributed by atoms with Crippen molar-refractivity contribution in [2.45, 2.75) is 12.5 Å². The molecule has 10 heteroatoms. The zero-order valence-electron chi connectivity index (χ0n) is 21.3. The van der Waals surface area contributed by atoms with Gasteiger partial charge in [-0.05, 0) is 36.2 Å². The average molecular weight is 523 g/mol. The van der Waals surface area contributed by atoms with E-state index in [1.54, 1.807) is 36.4 Å². The van der Waals surface area contributed by atoms with Crippen LogP contribution in [0.3, 0.4) is 0 Å². The summed E-state index contributed by atoms with van der Waals surface area (Å²) < 4.78 is 21.9. The molecular formula is C28H30N2O8. The molecule has 1 atom stereocenters. The number of morpholine rings is 1. The Morgan fingerprint density at radius 1 is 1.03 bits per heavy atom. The predicted octanol–water partition coefficient (Wildman–Crippen LogP) is 3.46. The Labute approximate surface area is 219 Å². The SMILES string of the molecule is COc1cc(C2C(C(=O)c3cc4cccc(OC)c4o3)=C(O)C(=O)N2CCCN2CCOCC2)ccc1O. The molecule has 1 saturated heterocycles. The Balaban J connectivity index is 1.50. The summed E-state index contributed by atoms with van der Waals surface area (Å²) in [5.41, 5.74) is 0.820. The summed E-state index contributed by atoms with van der Waals surface area (Å²) in [5.74, 6) is -1.31. The molecule has 0 saturated carbocycles. The van der Waals surface area contributed by atoms with E-state index in [4.69, 9.17) is 18.6 Å². The van der Waals surface area contributed by atoms with E-state index in [1.807, 2.05) is 0 Å². The van der Waals surface area contributed by atoms with Crippen molar-refractivity contribution >= 4 is 22.7 Å². The van der Waals surface area contributed by atoms with Crippen LogP contribution >= 0.6 is 0 Å². The van der Waals surface area contributed by atoms with Crippen molar-refractivity contribution in [1.82, 2.24) is 9.80 Å². The molecule has 38 heavy (non-hydrogen) atoms. The number of ketones is 1. The van der Waals surface area contributed by atoms with Crippen molar-refractivity contribution in [2.75, 3.05) is 53.6 Å². The van der Waals surface area contributed by atoms with E-state index in [-0.39, 0.29) is 22.8 Å². The molecule has 1 unspecified atom stereocenters. The van der Waals surface area contributed by atoms with Crippen LogP contribution in [0.15, 0.2) is 58.2 Å². The molecule has 3 heterocycles. The van der Waals surface area contributed by atoms with Crippen molar-refractivity contribution in [3.8, 4) is 17.2 Å². The van der Waals surface area contributed by atoms with Crippen LogP contribution in [0.5, 0.6) is 17.2 Å². The van der Waals surface area contributed by atoms with Crippen LogP contribution in [-0.2, 0) is 9.53 Å². The number of hydrogen-bond acceptors (Lipinski definition) is 9. The summed E-state index contributed by atoms with van der Waals surface area (Å²) in [7, 11) is 2.92. The molecule has 0 spiro atoms. The van der Waals surface area contributed by atoms with Gasteiger partial charge in [0.25, 0.3) is 5.91 Å². The number of furan rings is 1. The molecule has 2 aliphatic heterocycles. The number of aliphatic hydroxyl groups is 1. The number of para-hydroxylation sites is 1. The fraction of sp³-hybridized carbons (Fsp3) is 0.357. The second kappa shape index (κ2) is 10.8. The largest absolute Gasteiger partial charge is 0.504 e. The summed E-state index contributed by atoms with van der Waals surface area (Å²) in [5, 5.41) is 21.8. The van der Waals surface area contributed by atoms with Crippen molar-refractivity contribution in [2.24, 2.45) is 0 Å². The van der Waals surface area contributed by atoms with Crippen molar-refractivity contribution < 1.29 is 38.4 Å². The minimum absolute atomic E-state index is 0.0234. The zero-order chi connectivity index (χ0) is 26.8. The van der Waals surface area contributed by atoms with Gasteiger partial charge in [0, 0.05) is 31.6 Å². The molecule has 0 aliphatic carbocycles. The van der Waals surface area contributed by atoms with Crippen molar-refractivity contribution in [3.05, 3.63) is 65.1 Å². The monoisotopic (exact) mass is 522 g/mol. The molecule has 2 aliphatic rings. The average Bonchev–Trinajstić information content (AvgIpc) is 3.49. The first-order chi connectivity index (χ1) is 18.4. The fourth-order valence-electron chi connectivity index (χ4n) is 5.06. The summed E-state index contributed by atoms with van der Waals surface area (Å²) in [6.07, 6.45) is 0.633. The molecule has 1 fully saturated rings. The van der Waals surface area contributed by atoms with Crippen LogP contribution in [0.25, 0.3) is 11.0 Å². The van der Waals surface area contributed by atoms with Gasteiger partial charge < -0.3 is 33.7 Å². The Hall–Kier alpha value is -4.02. The molecule has 10 nitrogen and oxygen atoms in total. The lowest BCUT2D eigenvalue weighted by Gasteiger charge is -2.30. The van der Waals surface area contributed by atoms with Crippen molar-refractivity contribution in [1.29, 1.82) is 0 Å². The van der Waals surface area contributed by atoms with Crippen LogP contribution in [0.1, 0.15) is 28.6 Å². The molecule has 0 radical (unpaired) electrons. The van der Waals surface area contributed by atoms with E-state index in [2.05, 4.69) is 4.90 Å². The first-order valence-corrected chi connectivity index (χ1v) is 12.4. The molecule has 5 rings (SSSR count). The number of phenols is 1. The Bertz CT molecular complexity index is 1390. The number of Topliss-reactive ketones (excluding diaryl/α,β-unsaturated/α-hetero) is 1. The maximum atomic E-state index is 13.8. The Kier molecular flexibility index (Phi) is 7.26. The van der Waals surface area contributed by atoms with Gasteiger partial charge in [-0.15, -0.1) is 0 Å². The highest BCUT2D eigenvalue weighted by atomic mass is 16.5. The van der Waals surface area contributed by atoms with Gasteiger partial charge >= 0.3 is 0 Å². The molecule has 2 N–H and O–H groups in total. The Morgan fingerprint density at radius 3 is 2.53 bits per heavy atom. The smallest absolute Gasteiger partial charge is 0.290 e. The third-order valence-electron chi connectivity index (χ3n) is 7.00. The maximum absolute atomic E-state index is 13.8. The second-order valence-electron chi connectivity index (χ2n) is 9.22. The Morgan fingerprint density at radius 2 is 1.79 bits per heavy atom. The van der Waals surface area contributed by atoms with Crippen LogP contribution < -0.4 is 9.47 Å². The number of aromatic hydroxyl groups is 1. The summed E-state index contributed by atoms with van der Waals surface area (Å²) in [4.78, 5) is 30.9. The number of fused-ring (bicyclic) bond motifs is 1. The quantitative estimate of drug-likeness (QED) is 0.407. The molecule has 1 aromatic heterocycles. The highest BCUT2D eigenvalue weighted by molar-refractivity contribution is 6.16. The van der Waals surface area contributed by atoms with Crippen LogP contribution in [0.4, 0.5) is 0 Å². The van der Waals surface area contributed by atoms with Crippen LogP contribution in [0.2, 0.25) is 0 Å². The van der Waals surface area contributed by atoms with Gasteiger partial charge in [0.1, 0.15) is 0 Å². The van der Waals surface area contributed by atoms with Gasteiger partial charge in [-0.3, -0.25) is 14.5 Å². The topological polar surface area (TPSA) is 122 Å². The first kappa shape index (κ1) is 25.6. The normalized spacial score (nSPS) is 18.4. The number of hydrogen-bond donors (Lipinski definition) is 2. The number of methoxy groups -OCH3 is 2. The third-order valence-corrected chi connectivity index (χ3v) is 7.00. The van der Waals surface area contributed by atoms with Gasteiger partial charge in [0.2, 0.25) is 5.78 Å². The number of benzene rings is 2. The van der Waals surface area contributed by atoms with Crippen LogP contribution in [0, 0.1) is 0 Å². The van der Waals surface area contributed by atoms with Gasteiger partial charge in [-0.2, -0.15) is 0 Å². The third kappa shape index (κ3) is 4.68. The van der Waals surface area contributed by atoms with Gasteiger partial charge in [-0.1, -0.05) is 18.2 Å².